The van der Waals surface area contributed by atoms with E-state index < -0.39 is 0 Å². The molecule has 5 heteroatoms. The number of piperidine rings is 1. The molecule has 0 bridgehead atoms. The van der Waals surface area contributed by atoms with Crippen LogP contribution in [0.2, 0.25) is 0 Å². The fraction of sp³-hybridized carbons (Fsp3) is 0.440. The highest BCUT2D eigenvalue weighted by Crippen LogP contribution is 2.28. The van der Waals surface area contributed by atoms with Crippen LogP contribution in [0.5, 0.6) is 0 Å². The van der Waals surface area contributed by atoms with Crippen LogP contribution >= 0.6 is 0 Å². The standard InChI is InChI=1S/C25H31N3O2/c29-24(20-9-6-10-20)27-21-14-17-28(18-15-21)23-12-5-4-11-22(23)25(30)26-16-13-19-7-2-1-3-8-19/h1-5,7-8,11-12,20-21H,6,9-10,13-18H2,(H,26,30)(H,27,29). The Bertz CT molecular complexity index is 856. The van der Waals surface area contributed by atoms with E-state index in [1.165, 1.54) is 12.0 Å². The molecule has 1 aliphatic heterocycles. The molecular formula is C25H31N3O2. The Kier molecular flexibility index (Phi) is 6.67. The Labute approximate surface area is 178 Å². The highest BCUT2D eigenvalue weighted by Gasteiger charge is 2.29. The maximum atomic E-state index is 12.8. The van der Waals surface area contributed by atoms with Crippen molar-refractivity contribution in [3.05, 3.63) is 65.7 Å². The minimum atomic E-state index is -0.0260. The van der Waals surface area contributed by atoms with E-state index in [0.717, 1.165) is 56.4 Å². The lowest BCUT2D eigenvalue weighted by molar-refractivity contribution is -0.128. The number of amides is 2. The van der Waals surface area contributed by atoms with Gasteiger partial charge in [-0.15, -0.1) is 0 Å². The molecule has 0 unspecified atom stereocenters. The first-order valence-corrected chi connectivity index (χ1v) is 11.2. The lowest BCUT2D eigenvalue weighted by Crippen LogP contribution is -2.47. The van der Waals surface area contributed by atoms with Crippen LogP contribution in [0.25, 0.3) is 0 Å². The summed E-state index contributed by atoms with van der Waals surface area (Å²) in [6, 6.07) is 18.3. The largest absolute Gasteiger partial charge is 0.371 e. The summed E-state index contributed by atoms with van der Waals surface area (Å²) in [6.45, 7) is 2.32. The van der Waals surface area contributed by atoms with Crippen LogP contribution in [-0.4, -0.2) is 37.5 Å². The van der Waals surface area contributed by atoms with Gasteiger partial charge in [0.1, 0.15) is 0 Å². The molecule has 2 amide bonds. The monoisotopic (exact) mass is 405 g/mol. The molecule has 2 aromatic carbocycles. The SMILES string of the molecule is O=C(NCCc1ccccc1)c1ccccc1N1CCC(NC(=O)C2CCC2)CC1. The van der Waals surface area contributed by atoms with E-state index in [1.54, 1.807) is 0 Å². The summed E-state index contributed by atoms with van der Waals surface area (Å²) in [7, 11) is 0. The first-order valence-electron chi connectivity index (χ1n) is 11.2. The van der Waals surface area contributed by atoms with E-state index >= 15 is 0 Å². The maximum Gasteiger partial charge on any atom is 0.253 e. The lowest BCUT2D eigenvalue weighted by atomic mass is 9.84. The molecule has 2 fully saturated rings. The molecule has 4 rings (SSSR count). The molecule has 158 valence electrons. The number of hydrogen-bond acceptors (Lipinski definition) is 3. The lowest BCUT2D eigenvalue weighted by Gasteiger charge is -2.36. The van der Waals surface area contributed by atoms with Crippen LogP contribution in [0, 0.1) is 5.92 Å². The first kappa shape index (κ1) is 20.5. The molecule has 0 spiro atoms. The number of anilines is 1. The number of carbonyl (C=O) groups is 2. The van der Waals surface area contributed by atoms with Crippen LogP contribution in [0.4, 0.5) is 5.69 Å². The third-order valence-corrected chi connectivity index (χ3v) is 6.35. The summed E-state index contributed by atoms with van der Waals surface area (Å²) in [5.41, 5.74) is 2.93. The molecule has 30 heavy (non-hydrogen) atoms. The van der Waals surface area contributed by atoms with Crippen LogP contribution in [0.3, 0.4) is 0 Å². The molecule has 0 radical (unpaired) electrons. The van der Waals surface area contributed by atoms with E-state index in [9.17, 15) is 9.59 Å². The van der Waals surface area contributed by atoms with Crippen molar-refractivity contribution in [3.63, 3.8) is 0 Å². The zero-order valence-electron chi connectivity index (χ0n) is 17.5. The molecular weight excluding hydrogens is 374 g/mol. The van der Waals surface area contributed by atoms with E-state index in [0.29, 0.717) is 6.54 Å². The van der Waals surface area contributed by atoms with Crippen molar-refractivity contribution in [1.82, 2.24) is 10.6 Å². The number of rotatable bonds is 7. The number of nitrogens with one attached hydrogen (secondary N) is 2. The maximum absolute atomic E-state index is 12.8. The summed E-state index contributed by atoms with van der Waals surface area (Å²) in [6.07, 6.45) is 5.92. The van der Waals surface area contributed by atoms with Gasteiger partial charge in [0.15, 0.2) is 0 Å². The highest BCUT2D eigenvalue weighted by molar-refractivity contribution is 5.99. The van der Waals surface area contributed by atoms with E-state index in [-0.39, 0.29) is 23.8 Å². The van der Waals surface area contributed by atoms with Crippen molar-refractivity contribution in [1.29, 1.82) is 0 Å². The Morgan fingerprint density at radius 3 is 2.30 bits per heavy atom. The Balaban J connectivity index is 1.30. The normalized spacial score (nSPS) is 17.3. The van der Waals surface area contributed by atoms with Gasteiger partial charge in [0.2, 0.25) is 5.91 Å². The predicted octanol–water partition coefficient (Wildman–Crippen LogP) is 3.54. The van der Waals surface area contributed by atoms with E-state index in [4.69, 9.17) is 0 Å². The van der Waals surface area contributed by atoms with Gasteiger partial charge in [-0.25, -0.2) is 0 Å². The van der Waals surface area contributed by atoms with Crippen LogP contribution in [-0.2, 0) is 11.2 Å². The number of benzene rings is 2. The van der Waals surface area contributed by atoms with Crippen LogP contribution in [0.15, 0.2) is 54.6 Å². The molecule has 0 atom stereocenters. The fourth-order valence-corrected chi connectivity index (χ4v) is 4.26. The molecule has 1 heterocycles. The van der Waals surface area contributed by atoms with Gasteiger partial charge < -0.3 is 15.5 Å². The molecule has 0 aromatic heterocycles. The van der Waals surface area contributed by atoms with Crippen molar-refractivity contribution in [2.45, 2.75) is 44.6 Å². The van der Waals surface area contributed by atoms with Gasteiger partial charge >= 0.3 is 0 Å². The third kappa shape index (κ3) is 5.02. The number of para-hydroxylation sites is 1. The second-order valence-electron chi connectivity index (χ2n) is 8.41. The Morgan fingerprint density at radius 1 is 0.900 bits per heavy atom. The van der Waals surface area contributed by atoms with Crippen LogP contribution in [0.1, 0.15) is 48.0 Å². The van der Waals surface area contributed by atoms with Gasteiger partial charge in [-0.05, 0) is 49.8 Å². The van der Waals surface area contributed by atoms with Crippen molar-refractivity contribution >= 4 is 17.5 Å². The summed E-state index contributed by atoms with van der Waals surface area (Å²) in [5.74, 6) is 0.447. The van der Waals surface area contributed by atoms with Crippen molar-refractivity contribution in [2.75, 3.05) is 24.5 Å². The second kappa shape index (κ2) is 9.79. The Morgan fingerprint density at radius 2 is 1.60 bits per heavy atom. The molecule has 2 aliphatic rings. The third-order valence-electron chi connectivity index (χ3n) is 6.35. The quantitative estimate of drug-likeness (QED) is 0.741. The summed E-state index contributed by atoms with van der Waals surface area (Å²) in [5, 5.41) is 6.29. The molecule has 1 aliphatic carbocycles. The van der Waals surface area contributed by atoms with Gasteiger partial charge in [0.05, 0.1) is 5.56 Å². The van der Waals surface area contributed by atoms with Gasteiger partial charge in [-0.3, -0.25) is 9.59 Å². The highest BCUT2D eigenvalue weighted by atomic mass is 16.2. The molecule has 1 saturated carbocycles. The predicted molar refractivity (Wildman–Crippen MR) is 120 cm³/mol. The second-order valence-corrected chi connectivity index (χ2v) is 8.41. The number of hydrogen-bond donors (Lipinski definition) is 2. The molecule has 2 N–H and O–H groups in total. The summed E-state index contributed by atoms with van der Waals surface area (Å²) in [4.78, 5) is 27.3. The number of nitrogens with zero attached hydrogens (tertiary/aromatic N) is 1. The average molecular weight is 406 g/mol. The molecule has 1 saturated heterocycles. The van der Waals surface area contributed by atoms with Crippen molar-refractivity contribution in [2.24, 2.45) is 5.92 Å². The van der Waals surface area contributed by atoms with Crippen molar-refractivity contribution in [3.8, 4) is 0 Å². The van der Waals surface area contributed by atoms with E-state index in [2.05, 4.69) is 27.7 Å². The van der Waals surface area contributed by atoms with Gasteiger partial charge in [0.25, 0.3) is 5.91 Å². The average Bonchev–Trinajstić information content (AvgIpc) is 2.74. The van der Waals surface area contributed by atoms with Gasteiger partial charge in [0, 0.05) is 37.3 Å². The first-order chi connectivity index (χ1) is 14.7. The topological polar surface area (TPSA) is 61.4 Å². The molecule has 2 aromatic rings. The summed E-state index contributed by atoms with van der Waals surface area (Å²) >= 11 is 0. The minimum absolute atomic E-state index is 0.0260. The van der Waals surface area contributed by atoms with Gasteiger partial charge in [-0.1, -0.05) is 48.9 Å². The minimum Gasteiger partial charge on any atom is -0.371 e. The Hall–Kier alpha value is -2.82. The zero-order valence-corrected chi connectivity index (χ0v) is 17.5. The van der Waals surface area contributed by atoms with Gasteiger partial charge in [-0.2, -0.15) is 0 Å². The zero-order chi connectivity index (χ0) is 20.8. The summed E-state index contributed by atoms with van der Waals surface area (Å²) < 4.78 is 0. The smallest absolute Gasteiger partial charge is 0.253 e. The van der Waals surface area contributed by atoms with E-state index in [1.807, 2.05) is 42.5 Å². The fourth-order valence-electron chi connectivity index (χ4n) is 4.26. The molecule has 5 nitrogen and oxygen atoms in total. The van der Waals surface area contributed by atoms with Crippen LogP contribution < -0.4 is 15.5 Å². The van der Waals surface area contributed by atoms with Crippen molar-refractivity contribution < 1.29 is 9.59 Å². The number of carbonyl (C=O) groups excluding carboxylic acids is 2.